The Morgan fingerprint density at radius 1 is 1.44 bits per heavy atom. The summed E-state index contributed by atoms with van der Waals surface area (Å²) in [5, 5.41) is 0. The van der Waals surface area contributed by atoms with Gasteiger partial charge in [-0.2, -0.15) is 4.89 Å². The zero-order valence-corrected chi connectivity index (χ0v) is 8.93. The van der Waals surface area contributed by atoms with Crippen LogP contribution in [0.3, 0.4) is 0 Å². The highest BCUT2D eigenvalue weighted by Gasteiger charge is 2.37. The Morgan fingerprint density at radius 2 is 2.19 bits per heavy atom. The maximum Gasteiger partial charge on any atom is 0.357 e. The standard InChI is InChI=1S/C12H12O4/c1-2-15-16-12(14)11-9-6-4-3-5-8(9)7-10(11)13/h3-6,11H,2,7H2,1H3. The van der Waals surface area contributed by atoms with Gasteiger partial charge in [0.05, 0.1) is 6.61 Å². The van der Waals surface area contributed by atoms with Crippen LogP contribution in [0.25, 0.3) is 0 Å². The second-order valence-corrected chi connectivity index (χ2v) is 3.58. The number of carbonyl (C=O) groups is 2. The number of hydrogen-bond acceptors (Lipinski definition) is 4. The molecule has 0 radical (unpaired) electrons. The van der Waals surface area contributed by atoms with Gasteiger partial charge in [0, 0.05) is 6.42 Å². The Hall–Kier alpha value is -1.68. The number of ketones is 1. The molecule has 84 valence electrons. The second kappa shape index (κ2) is 4.45. The Morgan fingerprint density at radius 3 is 2.94 bits per heavy atom. The summed E-state index contributed by atoms with van der Waals surface area (Å²) in [5.41, 5.74) is 1.63. The van der Waals surface area contributed by atoms with Crippen molar-refractivity contribution in [3.63, 3.8) is 0 Å². The Labute approximate surface area is 93.1 Å². The van der Waals surface area contributed by atoms with Gasteiger partial charge in [0.2, 0.25) is 0 Å². The van der Waals surface area contributed by atoms with E-state index in [4.69, 9.17) is 0 Å². The Balaban J connectivity index is 2.22. The predicted molar refractivity (Wildman–Crippen MR) is 55.6 cm³/mol. The molecule has 0 fully saturated rings. The van der Waals surface area contributed by atoms with E-state index >= 15 is 0 Å². The molecular weight excluding hydrogens is 208 g/mol. The van der Waals surface area contributed by atoms with Crippen LogP contribution in [0.1, 0.15) is 24.0 Å². The van der Waals surface area contributed by atoms with Crippen LogP contribution in [-0.4, -0.2) is 18.4 Å². The lowest BCUT2D eigenvalue weighted by atomic mass is 10.0. The summed E-state index contributed by atoms with van der Waals surface area (Å²) in [6.07, 6.45) is 0.294. The molecule has 1 aromatic rings. The van der Waals surface area contributed by atoms with Crippen molar-refractivity contribution in [1.82, 2.24) is 0 Å². The third-order valence-corrected chi connectivity index (χ3v) is 2.55. The van der Waals surface area contributed by atoms with Crippen LogP contribution in [-0.2, 0) is 25.8 Å². The average molecular weight is 220 g/mol. The zero-order chi connectivity index (χ0) is 11.5. The number of fused-ring (bicyclic) bond motifs is 1. The van der Waals surface area contributed by atoms with Crippen LogP contribution < -0.4 is 0 Å². The molecule has 1 aliphatic rings. The smallest absolute Gasteiger partial charge is 0.298 e. The van der Waals surface area contributed by atoms with Crippen LogP contribution in [0.4, 0.5) is 0 Å². The first-order chi connectivity index (χ1) is 7.74. The van der Waals surface area contributed by atoms with Crippen molar-refractivity contribution in [3.8, 4) is 0 Å². The molecule has 1 aliphatic carbocycles. The molecule has 0 bridgehead atoms. The van der Waals surface area contributed by atoms with Gasteiger partial charge in [0.15, 0.2) is 5.78 Å². The van der Waals surface area contributed by atoms with Gasteiger partial charge in [-0.25, -0.2) is 4.79 Å². The van der Waals surface area contributed by atoms with E-state index in [-0.39, 0.29) is 12.4 Å². The molecule has 0 saturated carbocycles. The van der Waals surface area contributed by atoms with E-state index in [9.17, 15) is 9.59 Å². The van der Waals surface area contributed by atoms with Gasteiger partial charge in [-0.05, 0) is 18.1 Å². The molecule has 0 spiro atoms. The van der Waals surface area contributed by atoms with Crippen LogP contribution in [0, 0.1) is 0 Å². The van der Waals surface area contributed by atoms with Gasteiger partial charge in [0.1, 0.15) is 5.92 Å². The highest BCUT2D eigenvalue weighted by atomic mass is 17.2. The van der Waals surface area contributed by atoms with Gasteiger partial charge >= 0.3 is 5.97 Å². The third kappa shape index (κ3) is 1.84. The molecule has 1 atom stereocenters. The van der Waals surface area contributed by atoms with Crippen molar-refractivity contribution >= 4 is 11.8 Å². The second-order valence-electron chi connectivity index (χ2n) is 3.58. The molecule has 0 saturated heterocycles. The van der Waals surface area contributed by atoms with Crippen LogP contribution >= 0.6 is 0 Å². The molecule has 16 heavy (non-hydrogen) atoms. The lowest BCUT2D eigenvalue weighted by molar-refractivity contribution is -0.270. The number of rotatable bonds is 3. The fourth-order valence-corrected chi connectivity index (χ4v) is 1.86. The normalized spacial score (nSPS) is 18.3. The molecule has 4 nitrogen and oxygen atoms in total. The minimum absolute atomic E-state index is 0.133. The maximum atomic E-state index is 11.7. The summed E-state index contributed by atoms with van der Waals surface area (Å²) in [7, 11) is 0. The van der Waals surface area contributed by atoms with Crippen molar-refractivity contribution in [3.05, 3.63) is 35.4 Å². The van der Waals surface area contributed by atoms with Crippen molar-refractivity contribution in [2.24, 2.45) is 0 Å². The van der Waals surface area contributed by atoms with E-state index in [1.807, 2.05) is 12.1 Å². The highest BCUT2D eigenvalue weighted by Crippen LogP contribution is 2.31. The van der Waals surface area contributed by atoms with E-state index in [1.165, 1.54) is 0 Å². The average Bonchev–Trinajstić information content (AvgIpc) is 2.62. The fourth-order valence-electron chi connectivity index (χ4n) is 1.86. The summed E-state index contributed by atoms with van der Waals surface area (Å²) in [6.45, 7) is 1.98. The number of hydrogen-bond donors (Lipinski definition) is 0. The number of benzene rings is 1. The molecule has 1 unspecified atom stereocenters. The van der Waals surface area contributed by atoms with Crippen molar-refractivity contribution in [2.45, 2.75) is 19.3 Å². The first kappa shape index (κ1) is 10.8. The van der Waals surface area contributed by atoms with Gasteiger partial charge in [0.25, 0.3) is 0 Å². The lowest BCUT2D eigenvalue weighted by Gasteiger charge is -2.07. The van der Waals surface area contributed by atoms with E-state index in [0.29, 0.717) is 6.42 Å². The topological polar surface area (TPSA) is 52.6 Å². The molecule has 0 aliphatic heterocycles. The monoisotopic (exact) mass is 220 g/mol. The first-order valence-electron chi connectivity index (χ1n) is 5.18. The largest absolute Gasteiger partial charge is 0.357 e. The Bertz CT molecular complexity index is 425. The number of Topliss-reactive ketones (excluding diaryl/α,β-unsaturated/α-hetero) is 1. The van der Waals surface area contributed by atoms with E-state index in [2.05, 4.69) is 9.78 Å². The van der Waals surface area contributed by atoms with Crippen molar-refractivity contribution in [1.29, 1.82) is 0 Å². The summed E-state index contributed by atoms with van der Waals surface area (Å²) in [6, 6.07) is 7.28. The van der Waals surface area contributed by atoms with E-state index in [1.54, 1.807) is 19.1 Å². The molecule has 0 heterocycles. The van der Waals surface area contributed by atoms with Crippen LogP contribution in [0.2, 0.25) is 0 Å². The highest BCUT2D eigenvalue weighted by molar-refractivity contribution is 6.08. The quantitative estimate of drug-likeness (QED) is 0.439. The minimum Gasteiger partial charge on any atom is -0.298 e. The number of carbonyl (C=O) groups excluding carboxylic acids is 2. The third-order valence-electron chi connectivity index (χ3n) is 2.55. The van der Waals surface area contributed by atoms with Crippen molar-refractivity contribution in [2.75, 3.05) is 6.61 Å². The van der Waals surface area contributed by atoms with Gasteiger partial charge in [-0.15, -0.1) is 0 Å². The van der Waals surface area contributed by atoms with Crippen LogP contribution in [0.5, 0.6) is 0 Å². The zero-order valence-electron chi connectivity index (χ0n) is 8.93. The molecule has 4 heteroatoms. The minimum atomic E-state index is -0.817. The Kier molecular flexibility index (Phi) is 3.01. The molecule has 0 N–H and O–H groups in total. The van der Waals surface area contributed by atoms with Gasteiger partial charge in [-0.3, -0.25) is 9.68 Å². The first-order valence-corrected chi connectivity index (χ1v) is 5.18. The van der Waals surface area contributed by atoms with E-state index < -0.39 is 11.9 Å². The summed E-state index contributed by atoms with van der Waals surface area (Å²) < 4.78 is 0. The van der Waals surface area contributed by atoms with Crippen molar-refractivity contribution < 1.29 is 19.4 Å². The summed E-state index contributed by atoms with van der Waals surface area (Å²) >= 11 is 0. The molecule has 0 aromatic heterocycles. The molecule has 2 rings (SSSR count). The molecule has 0 amide bonds. The molecular formula is C12H12O4. The SMILES string of the molecule is CCOOC(=O)C1C(=O)Cc2ccccc21. The van der Waals surface area contributed by atoms with E-state index in [0.717, 1.165) is 11.1 Å². The summed E-state index contributed by atoms with van der Waals surface area (Å²) in [4.78, 5) is 32.4. The lowest BCUT2D eigenvalue weighted by Crippen LogP contribution is -2.20. The van der Waals surface area contributed by atoms with Crippen LogP contribution in [0.15, 0.2) is 24.3 Å². The predicted octanol–water partition coefficient (Wildman–Crippen LogP) is 1.39. The summed E-state index contributed by atoms with van der Waals surface area (Å²) in [5.74, 6) is -1.58. The molecule has 1 aromatic carbocycles. The van der Waals surface area contributed by atoms with Gasteiger partial charge in [-0.1, -0.05) is 24.3 Å². The fraction of sp³-hybridized carbons (Fsp3) is 0.333. The maximum absolute atomic E-state index is 11.7. The van der Waals surface area contributed by atoms with Gasteiger partial charge < -0.3 is 0 Å².